The Balaban J connectivity index is 1.88. The van der Waals surface area contributed by atoms with E-state index in [1.165, 1.54) is 4.31 Å². The van der Waals surface area contributed by atoms with Gasteiger partial charge in [-0.05, 0) is 44.4 Å². The number of carbonyl (C=O) groups excluding carboxylic acids is 2. The average Bonchev–Trinajstić information content (AvgIpc) is 2.60. The van der Waals surface area contributed by atoms with Crippen molar-refractivity contribution in [1.82, 2.24) is 19.8 Å². The number of nitrogens with zero attached hydrogens (tertiary/aromatic N) is 2. The maximum absolute atomic E-state index is 12.9. The minimum Gasteiger partial charge on any atom is -0.333 e. The first-order valence-corrected chi connectivity index (χ1v) is 11.3. The number of sulfonamides is 1. The summed E-state index contributed by atoms with van der Waals surface area (Å²) in [4.78, 5) is 25.9. The third-order valence-electron chi connectivity index (χ3n) is 4.62. The number of benzene rings is 1. The van der Waals surface area contributed by atoms with E-state index >= 15 is 0 Å². The summed E-state index contributed by atoms with van der Waals surface area (Å²) in [7, 11) is -3.55. The largest absolute Gasteiger partial charge is 0.333 e. The van der Waals surface area contributed by atoms with E-state index in [-0.39, 0.29) is 11.4 Å². The molecule has 0 bridgehead atoms. The lowest BCUT2D eigenvalue weighted by Crippen LogP contribution is -2.53. The van der Waals surface area contributed by atoms with Crippen LogP contribution in [0.3, 0.4) is 0 Å². The monoisotopic (exact) mass is 424 g/mol. The summed E-state index contributed by atoms with van der Waals surface area (Å²) in [5, 5.41) is 4.97. The summed E-state index contributed by atoms with van der Waals surface area (Å²) in [5.74, 6) is -0.0701. The molecule has 0 aromatic heterocycles. The molecule has 0 aliphatic carbocycles. The molecule has 0 atom stereocenters. The van der Waals surface area contributed by atoms with Gasteiger partial charge in [-0.15, -0.1) is 0 Å². The predicted molar refractivity (Wildman–Crippen MR) is 112 cm³/mol. The SMILES string of the molecule is CC(C)c1ccc(S(=O)(=O)N2CCN(CC(=O)NC(=O)NC(C)(C)C)CC2)cc1. The Labute approximate surface area is 173 Å². The number of rotatable bonds is 5. The van der Waals surface area contributed by atoms with Crippen LogP contribution in [-0.2, 0) is 14.8 Å². The van der Waals surface area contributed by atoms with Crippen LogP contribution in [0.1, 0.15) is 46.1 Å². The molecule has 162 valence electrons. The zero-order valence-corrected chi connectivity index (χ0v) is 18.7. The van der Waals surface area contributed by atoms with Gasteiger partial charge >= 0.3 is 6.03 Å². The second kappa shape index (κ2) is 9.23. The second-order valence-electron chi connectivity index (χ2n) is 8.66. The molecule has 0 spiro atoms. The van der Waals surface area contributed by atoms with Crippen molar-refractivity contribution in [3.05, 3.63) is 29.8 Å². The van der Waals surface area contributed by atoms with Gasteiger partial charge in [0.15, 0.2) is 0 Å². The van der Waals surface area contributed by atoms with Crippen LogP contribution in [0.5, 0.6) is 0 Å². The van der Waals surface area contributed by atoms with Crippen LogP contribution in [0.4, 0.5) is 4.79 Å². The number of piperazine rings is 1. The van der Waals surface area contributed by atoms with Crippen LogP contribution in [-0.4, -0.2) is 67.8 Å². The van der Waals surface area contributed by atoms with Crippen molar-refractivity contribution < 1.29 is 18.0 Å². The molecule has 1 aliphatic rings. The highest BCUT2D eigenvalue weighted by Crippen LogP contribution is 2.21. The van der Waals surface area contributed by atoms with Crippen molar-refractivity contribution in [2.24, 2.45) is 0 Å². The van der Waals surface area contributed by atoms with Crippen molar-refractivity contribution in [2.75, 3.05) is 32.7 Å². The lowest BCUT2D eigenvalue weighted by Gasteiger charge is -2.33. The fourth-order valence-electron chi connectivity index (χ4n) is 3.04. The molecule has 1 fully saturated rings. The molecule has 9 heteroatoms. The number of amides is 3. The number of urea groups is 1. The molecule has 29 heavy (non-hydrogen) atoms. The van der Waals surface area contributed by atoms with Gasteiger partial charge in [0, 0.05) is 31.7 Å². The maximum Gasteiger partial charge on any atom is 0.321 e. The standard InChI is InChI=1S/C20H32N4O4S/c1-15(2)16-6-8-17(9-7-16)29(27,28)24-12-10-23(11-13-24)14-18(25)21-19(26)22-20(3,4)5/h6-9,15H,10-14H2,1-5H3,(H2,21,22,25,26). The Morgan fingerprint density at radius 1 is 1.03 bits per heavy atom. The minimum atomic E-state index is -3.55. The molecule has 1 aromatic rings. The summed E-state index contributed by atoms with van der Waals surface area (Å²) in [6.45, 7) is 11.1. The first-order valence-electron chi connectivity index (χ1n) is 9.83. The van der Waals surface area contributed by atoms with Gasteiger partial charge in [-0.1, -0.05) is 26.0 Å². The van der Waals surface area contributed by atoms with Crippen LogP contribution >= 0.6 is 0 Å². The van der Waals surface area contributed by atoms with E-state index < -0.39 is 27.5 Å². The van der Waals surface area contributed by atoms with Crippen molar-refractivity contribution in [2.45, 2.75) is 51.0 Å². The van der Waals surface area contributed by atoms with Crippen LogP contribution in [0.15, 0.2) is 29.2 Å². The van der Waals surface area contributed by atoms with E-state index in [1.54, 1.807) is 12.1 Å². The molecule has 0 saturated carbocycles. The molecule has 3 amide bonds. The molecular formula is C20H32N4O4S. The quantitative estimate of drug-likeness (QED) is 0.750. The van der Waals surface area contributed by atoms with E-state index in [9.17, 15) is 18.0 Å². The topological polar surface area (TPSA) is 98.8 Å². The Kier molecular flexibility index (Phi) is 7.42. The predicted octanol–water partition coefficient (Wildman–Crippen LogP) is 1.74. The van der Waals surface area contributed by atoms with Crippen molar-refractivity contribution in [3.63, 3.8) is 0 Å². The van der Waals surface area contributed by atoms with Crippen LogP contribution < -0.4 is 10.6 Å². The normalized spacial score (nSPS) is 16.6. The molecule has 1 aliphatic heterocycles. The second-order valence-corrected chi connectivity index (χ2v) is 10.6. The van der Waals surface area contributed by atoms with E-state index in [2.05, 4.69) is 24.5 Å². The molecule has 1 aromatic carbocycles. The summed E-state index contributed by atoms with van der Waals surface area (Å²) < 4.78 is 27.1. The molecular weight excluding hydrogens is 392 g/mol. The van der Waals surface area contributed by atoms with Gasteiger partial charge in [0.1, 0.15) is 0 Å². The number of carbonyl (C=O) groups is 2. The Hall–Kier alpha value is -1.97. The van der Waals surface area contributed by atoms with Gasteiger partial charge in [0.2, 0.25) is 15.9 Å². The van der Waals surface area contributed by atoms with E-state index in [0.717, 1.165) is 5.56 Å². The third-order valence-corrected chi connectivity index (χ3v) is 6.54. The van der Waals surface area contributed by atoms with Gasteiger partial charge in [0.25, 0.3) is 0 Å². The fraction of sp³-hybridized carbons (Fsp3) is 0.600. The van der Waals surface area contributed by atoms with Crippen molar-refractivity contribution in [1.29, 1.82) is 0 Å². The van der Waals surface area contributed by atoms with Crippen LogP contribution in [0.2, 0.25) is 0 Å². The lowest BCUT2D eigenvalue weighted by molar-refractivity contribution is -0.121. The number of hydrogen-bond acceptors (Lipinski definition) is 5. The molecule has 0 radical (unpaired) electrons. The minimum absolute atomic E-state index is 0.0501. The maximum atomic E-state index is 12.9. The first-order chi connectivity index (χ1) is 13.4. The van der Waals surface area contributed by atoms with Crippen LogP contribution in [0.25, 0.3) is 0 Å². The average molecular weight is 425 g/mol. The third kappa shape index (κ3) is 6.80. The Morgan fingerprint density at radius 2 is 1.59 bits per heavy atom. The molecule has 2 N–H and O–H groups in total. The highest BCUT2D eigenvalue weighted by atomic mass is 32.2. The summed E-state index contributed by atoms with van der Waals surface area (Å²) in [6.07, 6.45) is 0. The van der Waals surface area contributed by atoms with Gasteiger partial charge in [-0.3, -0.25) is 15.0 Å². The zero-order chi connectivity index (χ0) is 21.8. The molecule has 2 rings (SSSR count). The zero-order valence-electron chi connectivity index (χ0n) is 17.9. The molecule has 0 unspecified atom stereocenters. The lowest BCUT2D eigenvalue weighted by atomic mass is 10.0. The highest BCUT2D eigenvalue weighted by molar-refractivity contribution is 7.89. The van der Waals surface area contributed by atoms with E-state index in [4.69, 9.17) is 0 Å². The number of imide groups is 1. The summed E-state index contributed by atoms with van der Waals surface area (Å²) >= 11 is 0. The van der Waals surface area contributed by atoms with Crippen molar-refractivity contribution >= 4 is 22.0 Å². The summed E-state index contributed by atoms with van der Waals surface area (Å²) in [6, 6.07) is 6.46. The van der Waals surface area contributed by atoms with Gasteiger partial charge in [-0.25, -0.2) is 13.2 Å². The smallest absolute Gasteiger partial charge is 0.321 e. The van der Waals surface area contributed by atoms with Crippen molar-refractivity contribution in [3.8, 4) is 0 Å². The fourth-order valence-corrected chi connectivity index (χ4v) is 4.47. The van der Waals surface area contributed by atoms with Gasteiger partial charge in [-0.2, -0.15) is 4.31 Å². The Bertz CT molecular complexity index is 821. The van der Waals surface area contributed by atoms with Crippen LogP contribution in [0, 0.1) is 0 Å². The first kappa shape index (κ1) is 23.3. The Morgan fingerprint density at radius 3 is 2.07 bits per heavy atom. The van der Waals surface area contributed by atoms with Gasteiger partial charge < -0.3 is 5.32 Å². The molecule has 1 saturated heterocycles. The van der Waals surface area contributed by atoms with E-state index in [0.29, 0.717) is 32.1 Å². The highest BCUT2D eigenvalue weighted by Gasteiger charge is 2.29. The number of nitrogens with one attached hydrogen (secondary N) is 2. The molecule has 8 nitrogen and oxygen atoms in total. The number of hydrogen-bond donors (Lipinski definition) is 2. The van der Waals surface area contributed by atoms with Gasteiger partial charge in [0.05, 0.1) is 11.4 Å². The van der Waals surface area contributed by atoms with E-state index in [1.807, 2.05) is 37.8 Å². The summed E-state index contributed by atoms with van der Waals surface area (Å²) in [5.41, 5.74) is 0.660. The molecule has 1 heterocycles.